The van der Waals surface area contributed by atoms with Crippen LogP contribution in [0.4, 0.5) is 0 Å². The molecular weight excluding hydrogens is 1150 g/mol. The van der Waals surface area contributed by atoms with Gasteiger partial charge in [0.05, 0.1) is 25.4 Å². The molecule has 542 valence electrons. The Labute approximate surface area is 568 Å². The van der Waals surface area contributed by atoms with E-state index < -0.39 is 74.2 Å². The van der Waals surface area contributed by atoms with Gasteiger partial charge in [0, 0.05) is 0 Å². The molecule has 0 aliphatic carbocycles. The molecule has 1 heterocycles. The second-order valence-corrected chi connectivity index (χ2v) is 28.1. The van der Waals surface area contributed by atoms with Crippen LogP contribution >= 0.6 is 0 Å². The maximum absolute atomic E-state index is 13.3. The van der Waals surface area contributed by atoms with Crippen molar-refractivity contribution in [3.63, 3.8) is 0 Å². The van der Waals surface area contributed by atoms with E-state index in [9.17, 15) is 40.5 Å². The van der Waals surface area contributed by atoms with Crippen LogP contribution in [0.5, 0.6) is 0 Å². The normalized spacial score (nSPS) is 18.6. The summed E-state index contributed by atoms with van der Waals surface area (Å²) in [5.74, 6) is -0.705. The molecule has 0 radical (unpaired) electrons. The molecule has 8 N–H and O–H groups in total. The molecule has 11 nitrogen and oxygen atoms in total. The first-order chi connectivity index (χ1) is 45.2. The van der Waals surface area contributed by atoms with E-state index in [0.29, 0.717) is 19.3 Å². The molecule has 1 saturated heterocycles. The summed E-state index contributed by atoms with van der Waals surface area (Å²) >= 11 is 0. The number of carbonyl (C=O) groups is 1. The summed E-state index contributed by atoms with van der Waals surface area (Å²) in [5.41, 5.74) is 0. The maximum atomic E-state index is 13.3. The predicted octanol–water partition coefficient (Wildman–Crippen LogP) is 20.7. The summed E-state index contributed by atoms with van der Waals surface area (Å²) < 4.78 is 11.2. The molecule has 1 fully saturated rings. The van der Waals surface area contributed by atoms with Gasteiger partial charge in [-0.15, -0.1) is 0 Å². The molecule has 11 heteroatoms. The van der Waals surface area contributed by atoms with Crippen molar-refractivity contribution in [2.24, 2.45) is 0 Å². The molecule has 92 heavy (non-hydrogen) atoms. The number of ether oxygens (including phenoxy) is 2. The van der Waals surface area contributed by atoms with Gasteiger partial charge in [-0.25, -0.2) is 0 Å². The average Bonchev–Trinajstić information content (AvgIpc) is 0.946. The quantitative estimate of drug-likeness (QED) is 0.0215. The molecule has 9 atom stereocenters. The lowest BCUT2D eigenvalue weighted by atomic mass is 9.98. The van der Waals surface area contributed by atoms with Gasteiger partial charge in [0.25, 0.3) is 0 Å². The summed E-state index contributed by atoms with van der Waals surface area (Å²) in [6.07, 6.45) is 80.9. The minimum absolute atomic E-state index is 0.247. The third kappa shape index (κ3) is 55.1. The molecule has 0 aromatic rings. The molecule has 1 rings (SSSR count). The molecule has 0 spiro atoms. The van der Waals surface area contributed by atoms with Crippen LogP contribution in [0.15, 0.2) is 48.6 Å². The number of allylic oxidation sites excluding steroid dienone is 8. The number of aliphatic hydroxyl groups excluding tert-OH is 7. The third-order valence-electron chi connectivity index (χ3n) is 19.3. The minimum Gasteiger partial charge on any atom is -0.394 e. The van der Waals surface area contributed by atoms with Crippen LogP contribution in [0.2, 0.25) is 0 Å². The van der Waals surface area contributed by atoms with Crippen molar-refractivity contribution >= 4 is 5.91 Å². The highest BCUT2D eigenvalue weighted by Gasteiger charge is 2.44. The van der Waals surface area contributed by atoms with Gasteiger partial charge in [0.2, 0.25) is 5.91 Å². The van der Waals surface area contributed by atoms with Gasteiger partial charge in [-0.2, -0.15) is 0 Å². The number of nitrogens with one attached hydrogen (secondary N) is 1. The number of amides is 1. The van der Waals surface area contributed by atoms with Crippen LogP contribution in [0.3, 0.4) is 0 Å². The first-order valence-electron chi connectivity index (χ1n) is 40.0. The molecule has 1 aliphatic heterocycles. The van der Waals surface area contributed by atoms with E-state index in [0.717, 1.165) is 44.9 Å². The van der Waals surface area contributed by atoms with Gasteiger partial charge in [-0.3, -0.25) is 4.79 Å². The highest BCUT2D eigenvalue weighted by atomic mass is 16.7. The Morgan fingerprint density at radius 1 is 0.380 bits per heavy atom. The molecule has 1 amide bonds. The fourth-order valence-electron chi connectivity index (χ4n) is 13.0. The second-order valence-electron chi connectivity index (χ2n) is 28.1. The number of rotatable bonds is 71. The van der Waals surface area contributed by atoms with Gasteiger partial charge < -0.3 is 50.5 Å². The highest BCUT2D eigenvalue weighted by molar-refractivity contribution is 5.80. The van der Waals surface area contributed by atoms with Crippen LogP contribution in [0, 0.1) is 0 Å². The Bertz CT molecular complexity index is 1640. The van der Waals surface area contributed by atoms with E-state index in [2.05, 4.69) is 67.8 Å². The lowest BCUT2D eigenvalue weighted by molar-refractivity contribution is -0.303. The van der Waals surface area contributed by atoms with Gasteiger partial charge in [0.1, 0.15) is 36.6 Å². The fourth-order valence-corrected chi connectivity index (χ4v) is 13.0. The van der Waals surface area contributed by atoms with E-state index in [1.54, 1.807) is 0 Å². The Morgan fingerprint density at radius 3 is 1.03 bits per heavy atom. The van der Waals surface area contributed by atoms with Crippen LogP contribution in [0.25, 0.3) is 0 Å². The summed E-state index contributed by atoms with van der Waals surface area (Å²) in [6, 6.07) is -1.19. The number of aliphatic hydroxyl groups is 7. The largest absolute Gasteiger partial charge is 0.394 e. The van der Waals surface area contributed by atoms with Crippen LogP contribution < -0.4 is 5.32 Å². The van der Waals surface area contributed by atoms with Crippen molar-refractivity contribution in [3.8, 4) is 0 Å². The molecule has 0 aromatic heterocycles. The molecule has 1 aliphatic rings. The average molecular weight is 1300 g/mol. The minimum atomic E-state index is -1.67. The van der Waals surface area contributed by atoms with E-state index in [4.69, 9.17) is 9.47 Å². The van der Waals surface area contributed by atoms with E-state index >= 15 is 0 Å². The summed E-state index contributed by atoms with van der Waals surface area (Å²) in [5, 5.41) is 76.7. The van der Waals surface area contributed by atoms with Gasteiger partial charge in [0.15, 0.2) is 6.29 Å². The SMILES string of the molecule is CCCCCCCCCCCCCCC/C=C\C/C=C\CCCCCCCCCCCCCCCCCCC(O)C(=O)NC(COC1OC(CO)C(O)C(O)C1O)C(O)C(O)CCC/C=C/CC/C=C/CCCCCCCCCCCCCCCCCCCCCC. The summed E-state index contributed by atoms with van der Waals surface area (Å²) in [7, 11) is 0. The zero-order valence-electron chi connectivity index (χ0n) is 60.3. The molecular formula is C81H153NO10. The Kier molecular flexibility index (Phi) is 66.1. The van der Waals surface area contributed by atoms with Crippen molar-refractivity contribution in [3.05, 3.63) is 48.6 Å². The first-order valence-corrected chi connectivity index (χ1v) is 40.0. The maximum Gasteiger partial charge on any atom is 0.249 e. The van der Waals surface area contributed by atoms with Crippen LogP contribution in [-0.2, 0) is 14.3 Å². The molecule has 9 unspecified atom stereocenters. The van der Waals surface area contributed by atoms with E-state index in [-0.39, 0.29) is 12.8 Å². The lowest BCUT2D eigenvalue weighted by Gasteiger charge is -2.40. The van der Waals surface area contributed by atoms with E-state index in [1.807, 2.05) is 0 Å². The highest BCUT2D eigenvalue weighted by Crippen LogP contribution is 2.24. The zero-order valence-corrected chi connectivity index (χ0v) is 60.3. The monoisotopic (exact) mass is 1300 g/mol. The van der Waals surface area contributed by atoms with Crippen molar-refractivity contribution in [2.75, 3.05) is 13.2 Å². The number of carbonyl (C=O) groups excluding carboxylic acids is 1. The summed E-state index contributed by atoms with van der Waals surface area (Å²) in [4.78, 5) is 13.3. The van der Waals surface area contributed by atoms with Crippen LogP contribution in [0.1, 0.15) is 393 Å². The second kappa shape index (κ2) is 69.0. The number of hydrogen-bond donors (Lipinski definition) is 8. The topological polar surface area (TPSA) is 189 Å². The molecule has 0 bridgehead atoms. The van der Waals surface area contributed by atoms with Gasteiger partial charge in [-0.1, -0.05) is 358 Å². The molecule has 0 saturated carbocycles. The van der Waals surface area contributed by atoms with Crippen molar-refractivity contribution in [2.45, 2.75) is 448 Å². The number of hydrogen-bond acceptors (Lipinski definition) is 10. The Balaban J connectivity index is 2.16. The van der Waals surface area contributed by atoms with Gasteiger partial charge in [-0.05, 0) is 83.5 Å². The smallest absolute Gasteiger partial charge is 0.249 e. The predicted molar refractivity (Wildman–Crippen MR) is 390 cm³/mol. The number of unbranched alkanes of at least 4 members (excludes halogenated alkanes) is 51. The van der Waals surface area contributed by atoms with Crippen molar-refractivity contribution < 1.29 is 50.0 Å². The first kappa shape index (κ1) is 88.1. The van der Waals surface area contributed by atoms with Crippen molar-refractivity contribution in [1.29, 1.82) is 0 Å². The van der Waals surface area contributed by atoms with Gasteiger partial charge >= 0.3 is 0 Å². The third-order valence-corrected chi connectivity index (χ3v) is 19.3. The Hall–Kier alpha value is -1.93. The van der Waals surface area contributed by atoms with Crippen LogP contribution in [-0.4, -0.2) is 110 Å². The van der Waals surface area contributed by atoms with E-state index in [1.165, 1.54) is 302 Å². The zero-order chi connectivity index (χ0) is 66.7. The fraction of sp³-hybridized carbons (Fsp3) is 0.889. The summed E-state index contributed by atoms with van der Waals surface area (Å²) in [6.45, 7) is 3.50. The van der Waals surface area contributed by atoms with Crippen molar-refractivity contribution in [1.82, 2.24) is 5.32 Å². The Morgan fingerprint density at radius 2 is 0.685 bits per heavy atom. The standard InChI is InChI=1S/C81H153NO10/c1-3-5-7-9-11-13-15-17-19-21-23-25-27-29-31-33-34-35-36-37-38-39-41-43-45-47-49-51-53-55-57-59-61-63-65-67-69-74(85)80(90)82-72(71-91-81-79(89)78(88)77(87)75(70-83)92-81)76(86)73(84)68-66-64-62-60-58-56-54-52-50-48-46-44-42-40-32-30-28-26-24-22-20-18-16-14-12-10-8-6-4-2/h31,33,35-36,52,54,60,62,72-79,81,83-89H,3-30,32,34,37-51,53,55-59,61,63-71H2,1-2H3,(H,82,90)/b33-31-,36-35-,54-52+,62-60+. The lowest BCUT2D eigenvalue weighted by Crippen LogP contribution is -2.60. The molecule has 0 aromatic carbocycles.